The van der Waals surface area contributed by atoms with Crippen molar-refractivity contribution < 1.29 is 9.53 Å². The molecule has 0 saturated carbocycles. The Kier molecular flexibility index (Phi) is 7.74. The van der Waals surface area contributed by atoms with Crippen molar-refractivity contribution in [1.29, 1.82) is 0 Å². The minimum Gasteiger partial charge on any atom is -0.468 e. The Labute approximate surface area is 97.5 Å². The molecule has 0 aromatic rings. The van der Waals surface area contributed by atoms with Gasteiger partial charge in [0.15, 0.2) is 0 Å². The minimum absolute atomic E-state index is 0. The van der Waals surface area contributed by atoms with E-state index in [1.54, 1.807) is 0 Å². The standard InChI is InChI=1S/C10H20N2O2.ClH/c1-14-10(13)8-12-7-3-2-4-9(12)5-6-11;/h9H,2-8,11H2,1H3;1H. The summed E-state index contributed by atoms with van der Waals surface area (Å²) >= 11 is 0. The topological polar surface area (TPSA) is 55.6 Å². The van der Waals surface area contributed by atoms with Gasteiger partial charge in [-0.05, 0) is 32.4 Å². The molecule has 0 spiro atoms. The molecule has 1 saturated heterocycles. The Hall–Kier alpha value is -0.320. The number of carbonyl (C=O) groups is 1. The summed E-state index contributed by atoms with van der Waals surface area (Å²) < 4.78 is 4.67. The van der Waals surface area contributed by atoms with E-state index in [4.69, 9.17) is 5.73 Å². The van der Waals surface area contributed by atoms with Gasteiger partial charge in [-0.15, -0.1) is 12.4 Å². The maximum absolute atomic E-state index is 11.1. The van der Waals surface area contributed by atoms with E-state index in [1.165, 1.54) is 20.0 Å². The first-order chi connectivity index (χ1) is 6.77. The summed E-state index contributed by atoms with van der Waals surface area (Å²) in [6.45, 7) is 2.11. The van der Waals surface area contributed by atoms with Crippen LogP contribution in [-0.2, 0) is 9.53 Å². The van der Waals surface area contributed by atoms with Gasteiger partial charge in [-0.3, -0.25) is 9.69 Å². The van der Waals surface area contributed by atoms with E-state index in [0.29, 0.717) is 19.1 Å². The number of ether oxygens (including phenoxy) is 1. The molecule has 90 valence electrons. The molecular formula is C10H21ClN2O2. The highest BCUT2D eigenvalue weighted by atomic mass is 35.5. The lowest BCUT2D eigenvalue weighted by Crippen LogP contribution is -2.43. The number of esters is 1. The van der Waals surface area contributed by atoms with Crippen molar-refractivity contribution in [2.45, 2.75) is 31.7 Å². The maximum atomic E-state index is 11.1. The van der Waals surface area contributed by atoms with E-state index in [0.717, 1.165) is 19.4 Å². The zero-order valence-electron chi connectivity index (χ0n) is 9.28. The second-order valence-corrected chi connectivity index (χ2v) is 3.77. The minimum atomic E-state index is -0.145. The van der Waals surface area contributed by atoms with Gasteiger partial charge in [-0.1, -0.05) is 6.42 Å². The quantitative estimate of drug-likeness (QED) is 0.734. The zero-order valence-corrected chi connectivity index (χ0v) is 10.1. The predicted molar refractivity (Wildman–Crippen MR) is 62.1 cm³/mol. The van der Waals surface area contributed by atoms with Crippen molar-refractivity contribution in [3.8, 4) is 0 Å². The molecule has 15 heavy (non-hydrogen) atoms. The summed E-state index contributed by atoms with van der Waals surface area (Å²) in [5.41, 5.74) is 5.54. The van der Waals surface area contributed by atoms with Gasteiger partial charge in [-0.2, -0.15) is 0 Å². The summed E-state index contributed by atoms with van der Waals surface area (Å²) in [6, 6.07) is 0.479. The molecule has 0 amide bonds. The Morgan fingerprint density at radius 2 is 2.27 bits per heavy atom. The Bertz CT molecular complexity index is 188. The molecule has 0 aromatic heterocycles. The number of methoxy groups -OCH3 is 1. The van der Waals surface area contributed by atoms with Crippen LogP contribution in [0.2, 0.25) is 0 Å². The number of hydrogen-bond donors (Lipinski definition) is 1. The third kappa shape index (κ3) is 4.82. The first-order valence-electron chi connectivity index (χ1n) is 5.29. The van der Waals surface area contributed by atoms with Gasteiger partial charge in [0, 0.05) is 6.04 Å². The van der Waals surface area contributed by atoms with Gasteiger partial charge in [0.25, 0.3) is 0 Å². The third-order valence-corrected chi connectivity index (χ3v) is 2.81. The van der Waals surface area contributed by atoms with E-state index in [1.807, 2.05) is 0 Å². The van der Waals surface area contributed by atoms with E-state index in [-0.39, 0.29) is 18.4 Å². The molecule has 0 bridgehead atoms. The second kappa shape index (κ2) is 7.91. The van der Waals surface area contributed by atoms with Crippen LogP contribution in [0.1, 0.15) is 25.7 Å². The van der Waals surface area contributed by atoms with E-state index >= 15 is 0 Å². The first-order valence-corrected chi connectivity index (χ1v) is 5.29. The lowest BCUT2D eigenvalue weighted by Gasteiger charge is -2.34. The van der Waals surface area contributed by atoms with Crippen LogP contribution < -0.4 is 5.73 Å². The fourth-order valence-electron chi connectivity index (χ4n) is 2.02. The number of halogens is 1. The number of hydrogen-bond acceptors (Lipinski definition) is 4. The van der Waals surface area contributed by atoms with Crippen molar-refractivity contribution >= 4 is 18.4 Å². The fourth-order valence-corrected chi connectivity index (χ4v) is 2.02. The molecule has 1 fully saturated rings. The van der Waals surface area contributed by atoms with Crippen LogP contribution >= 0.6 is 12.4 Å². The largest absolute Gasteiger partial charge is 0.468 e. The molecule has 1 rings (SSSR count). The van der Waals surface area contributed by atoms with E-state index in [9.17, 15) is 4.79 Å². The third-order valence-electron chi connectivity index (χ3n) is 2.81. The van der Waals surface area contributed by atoms with Gasteiger partial charge < -0.3 is 10.5 Å². The molecular weight excluding hydrogens is 216 g/mol. The van der Waals surface area contributed by atoms with E-state index < -0.39 is 0 Å². The van der Waals surface area contributed by atoms with E-state index in [2.05, 4.69) is 9.64 Å². The van der Waals surface area contributed by atoms with Crippen molar-refractivity contribution in [2.75, 3.05) is 26.7 Å². The van der Waals surface area contributed by atoms with Crippen LogP contribution in [0.4, 0.5) is 0 Å². The molecule has 1 aliphatic rings. The molecule has 0 radical (unpaired) electrons. The second-order valence-electron chi connectivity index (χ2n) is 3.77. The Morgan fingerprint density at radius 3 is 2.87 bits per heavy atom. The summed E-state index contributed by atoms with van der Waals surface area (Å²) in [7, 11) is 1.43. The highest BCUT2D eigenvalue weighted by Crippen LogP contribution is 2.18. The van der Waals surface area contributed by atoms with Crippen LogP contribution in [0.15, 0.2) is 0 Å². The lowest BCUT2D eigenvalue weighted by atomic mass is 9.99. The number of likely N-dealkylation sites (tertiary alicyclic amines) is 1. The van der Waals surface area contributed by atoms with Crippen LogP contribution in [-0.4, -0.2) is 43.7 Å². The van der Waals surface area contributed by atoms with Gasteiger partial charge >= 0.3 is 5.97 Å². The maximum Gasteiger partial charge on any atom is 0.319 e. The number of piperidine rings is 1. The molecule has 2 N–H and O–H groups in total. The average molecular weight is 237 g/mol. The van der Waals surface area contributed by atoms with Crippen molar-refractivity contribution in [3.63, 3.8) is 0 Å². The van der Waals surface area contributed by atoms with Crippen molar-refractivity contribution in [2.24, 2.45) is 5.73 Å². The summed E-state index contributed by atoms with van der Waals surface area (Å²) in [4.78, 5) is 13.3. The number of carbonyl (C=O) groups excluding carboxylic acids is 1. The number of nitrogens with two attached hydrogens (primary N) is 1. The van der Waals surface area contributed by atoms with Crippen LogP contribution in [0.3, 0.4) is 0 Å². The highest BCUT2D eigenvalue weighted by molar-refractivity contribution is 5.85. The summed E-state index contributed by atoms with van der Waals surface area (Å²) in [5.74, 6) is -0.145. The van der Waals surface area contributed by atoms with Crippen LogP contribution in [0.5, 0.6) is 0 Å². The molecule has 1 atom stereocenters. The van der Waals surface area contributed by atoms with Gasteiger partial charge in [0.1, 0.15) is 0 Å². The Morgan fingerprint density at radius 1 is 1.53 bits per heavy atom. The molecule has 1 unspecified atom stereocenters. The van der Waals surface area contributed by atoms with Crippen molar-refractivity contribution in [1.82, 2.24) is 4.90 Å². The molecule has 0 aromatic carbocycles. The highest BCUT2D eigenvalue weighted by Gasteiger charge is 2.23. The smallest absolute Gasteiger partial charge is 0.319 e. The summed E-state index contributed by atoms with van der Waals surface area (Å²) in [6.07, 6.45) is 4.57. The predicted octanol–water partition coefficient (Wildman–Crippen LogP) is 0.784. The lowest BCUT2D eigenvalue weighted by molar-refractivity contribution is -0.142. The fraction of sp³-hybridized carbons (Fsp3) is 0.900. The zero-order chi connectivity index (χ0) is 10.4. The summed E-state index contributed by atoms with van der Waals surface area (Å²) in [5, 5.41) is 0. The first kappa shape index (κ1) is 14.7. The van der Waals surface area contributed by atoms with Crippen LogP contribution in [0, 0.1) is 0 Å². The molecule has 1 heterocycles. The van der Waals surface area contributed by atoms with Crippen molar-refractivity contribution in [3.05, 3.63) is 0 Å². The normalized spacial score (nSPS) is 21.9. The Balaban J connectivity index is 0.00000196. The molecule has 0 aliphatic carbocycles. The molecule has 1 aliphatic heterocycles. The molecule has 4 nitrogen and oxygen atoms in total. The van der Waals surface area contributed by atoms with Gasteiger partial charge in [0.05, 0.1) is 13.7 Å². The SMILES string of the molecule is COC(=O)CN1CCCCC1CCN.Cl. The monoisotopic (exact) mass is 236 g/mol. The molecule has 5 heteroatoms. The average Bonchev–Trinajstić information content (AvgIpc) is 2.21. The van der Waals surface area contributed by atoms with Crippen LogP contribution in [0.25, 0.3) is 0 Å². The van der Waals surface area contributed by atoms with Gasteiger partial charge in [0.2, 0.25) is 0 Å². The number of rotatable bonds is 4. The number of nitrogens with zero attached hydrogens (tertiary/aromatic N) is 1. The van der Waals surface area contributed by atoms with Gasteiger partial charge in [-0.25, -0.2) is 0 Å².